The third kappa shape index (κ3) is 9.23. The Labute approximate surface area is 72.9 Å². The third-order valence-corrected chi connectivity index (χ3v) is 1.41. The van der Waals surface area contributed by atoms with Gasteiger partial charge in [-0.3, -0.25) is 0 Å². The summed E-state index contributed by atoms with van der Waals surface area (Å²) >= 11 is 0. The number of carboxylic acid groups (broad SMARTS) is 1. The largest absolute Gasteiger partial charge is 0.530 e. The molecule has 0 heterocycles. The molecular formula is C8H16NO3-. The van der Waals surface area contributed by atoms with Crippen LogP contribution in [0.2, 0.25) is 0 Å². The molecule has 0 bridgehead atoms. The predicted octanol–water partition coefficient (Wildman–Crippen LogP) is 0.126. The first kappa shape index (κ1) is 11.2. The van der Waals surface area contributed by atoms with Crippen LogP contribution >= 0.6 is 0 Å². The van der Waals surface area contributed by atoms with E-state index in [1.165, 1.54) is 6.42 Å². The Kier molecular flexibility index (Phi) is 7.79. The molecule has 0 spiro atoms. The molecule has 0 unspecified atom stereocenters. The summed E-state index contributed by atoms with van der Waals surface area (Å²) in [5, 5.41) is 12.0. The van der Waals surface area contributed by atoms with Crippen LogP contribution in [-0.4, -0.2) is 25.9 Å². The monoisotopic (exact) mass is 174 g/mol. The highest BCUT2D eigenvalue weighted by molar-refractivity contribution is 5.61. The van der Waals surface area contributed by atoms with Crippen molar-refractivity contribution >= 4 is 6.09 Å². The van der Waals surface area contributed by atoms with Gasteiger partial charge in [-0.15, -0.1) is 0 Å². The van der Waals surface area contributed by atoms with E-state index < -0.39 is 6.09 Å². The van der Waals surface area contributed by atoms with E-state index in [1.807, 2.05) is 0 Å². The number of amides is 1. The fourth-order valence-electron chi connectivity index (χ4n) is 0.781. The van der Waals surface area contributed by atoms with Crippen LogP contribution in [0.15, 0.2) is 0 Å². The van der Waals surface area contributed by atoms with Crippen molar-refractivity contribution in [3.8, 4) is 0 Å². The molecule has 0 fully saturated rings. The zero-order chi connectivity index (χ0) is 9.23. The second-order valence-electron chi connectivity index (χ2n) is 2.53. The van der Waals surface area contributed by atoms with Crippen LogP contribution in [-0.2, 0) is 4.74 Å². The quantitative estimate of drug-likeness (QED) is 0.558. The minimum absolute atomic E-state index is 0.314. The van der Waals surface area contributed by atoms with E-state index in [9.17, 15) is 9.90 Å². The number of nitrogens with one attached hydrogen (secondary N) is 1. The van der Waals surface area contributed by atoms with Gasteiger partial charge in [0.05, 0.1) is 6.61 Å². The van der Waals surface area contributed by atoms with Gasteiger partial charge >= 0.3 is 0 Å². The lowest BCUT2D eigenvalue weighted by Gasteiger charge is -2.06. The Hall–Kier alpha value is -0.770. The van der Waals surface area contributed by atoms with Crippen molar-refractivity contribution < 1.29 is 14.6 Å². The number of carbonyl (C=O) groups excluding carboxylic acids is 1. The summed E-state index contributed by atoms with van der Waals surface area (Å²) < 4.78 is 5.13. The zero-order valence-electron chi connectivity index (χ0n) is 7.47. The lowest BCUT2D eigenvalue weighted by atomic mass is 10.3. The highest BCUT2D eigenvalue weighted by Crippen LogP contribution is 1.93. The number of ether oxygens (including phenoxy) is 1. The van der Waals surface area contributed by atoms with Gasteiger partial charge in [0, 0.05) is 13.2 Å². The molecule has 12 heavy (non-hydrogen) atoms. The lowest BCUT2D eigenvalue weighted by Crippen LogP contribution is -2.38. The van der Waals surface area contributed by atoms with Crippen LogP contribution in [0.5, 0.6) is 0 Å². The molecule has 4 nitrogen and oxygen atoms in total. The van der Waals surface area contributed by atoms with Crippen LogP contribution in [0.1, 0.15) is 26.2 Å². The van der Waals surface area contributed by atoms with Crippen molar-refractivity contribution in [3.05, 3.63) is 0 Å². The molecule has 0 aromatic rings. The lowest BCUT2D eigenvalue weighted by molar-refractivity contribution is -0.250. The summed E-state index contributed by atoms with van der Waals surface area (Å²) in [5.74, 6) is 0. The van der Waals surface area contributed by atoms with E-state index in [-0.39, 0.29) is 0 Å². The smallest absolute Gasteiger partial charge is 0.134 e. The number of hydrogen-bond donors (Lipinski definition) is 1. The minimum Gasteiger partial charge on any atom is -0.530 e. The molecule has 0 aromatic heterocycles. The maximum atomic E-state index is 9.86. The molecule has 0 rings (SSSR count). The highest BCUT2D eigenvalue weighted by atomic mass is 16.5. The van der Waals surface area contributed by atoms with Gasteiger partial charge in [-0.25, -0.2) is 0 Å². The topological polar surface area (TPSA) is 61.4 Å². The molecular weight excluding hydrogens is 158 g/mol. The van der Waals surface area contributed by atoms with Crippen LogP contribution < -0.4 is 10.4 Å². The second kappa shape index (κ2) is 8.33. The molecule has 0 aliphatic heterocycles. The van der Waals surface area contributed by atoms with E-state index in [2.05, 4.69) is 12.2 Å². The van der Waals surface area contributed by atoms with Crippen LogP contribution in [0.25, 0.3) is 0 Å². The van der Waals surface area contributed by atoms with Crippen molar-refractivity contribution in [2.75, 3.05) is 19.8 Å². The normalized spacial score (nSPS) is 9.75. The van der Waals surface area contributed by atoms with Gasteiger partial charge in [0.2, 0.25) is 0 Å². The van der Waals surface area contributed by atoms with Crippen LogP contribution in [0.4, 0.5) is 4.79 Å². The molecule has 1 amide bonds. The molecule has 0 atom stereocenters. The van der Waals surface area contributed by atoms with E-state index in [0.29, 0.717) is 19.8 Å². The Morgan fingerprint density at radius 1 is 1.42 bits per heavy atom. The van der Waals surface area contributed by atoms with Gasteiger partial charge in [0.1, 0.15) is 6.09 Å². The first-order chi connectivity index (χ1) is 5.77. The summed E-state index contributed by atoms with van der Waals surface area (Å²) in [6.45, 7) is 3.58. The molecule has 0 saturated carbocycles. The minimum atomic E-state index is -1.24. The van der Waals surface area contributed by atoms with Crippen LogP contribution in [0, 0.1) is 0 Å². The predicted molar refractivity (Wildman–Crippen MR) is 43.7 cm³/mol. The van der Waals surface area contributed by atoms with Crippen molar-refractivity contribution in [2.45, 2.75) is 26.2 Å². The Bertz CT molecular complexity index is 117. The number of rotatable bonds is 7. The van der Waals surface area contributed by atoms with E-state index >= 15 is 0 Å². The SMILES string of the molecule is CCCCCOCCNC(=O)[O-]. The maximum absolute atomic E-state index is 9.86. The molecule has 72 valence electrons. The second-order valence-corrected chi connectivity index (χ2v) is 2.53. The Morgan fingerprint density at radius 3 is 2.75 bits per heavy atom. The fourth-order valence-corrected chi connectivity index (χ4v) is 0.781. The summed E-state index contributed by atoms with van der Waals surface area (Å²) in [6, 6.07) is 0. The summed E-state index contributed by atoms with van der Waals surface area (Å²) in [6.07, 6.45) is 2.13. The van der Waals surface area contributed by atoms with E-state index in [0.717, 1.165) is 12.8 Å². The third-order valence-electron chi connectivity index (χ3n) is 1.41. The van der Waals surface area contributed by atoms with Gasteiger partial charge in [-0.2, -0.15) is 0 Å². The van der Waals surface area contributed by atoms with Gasteiger partial charge in [0.25, 0.3) is 0 Å². The number of hydrogen-bond acceptors (Lipinski definition) is 3. The van der Waals surface area contributed by atoms with Gasteiger partial charge < -0.3 is 20.0 Å². The van der Waals surface area contributed by atoms with Crippen molar-refractivity contribution in [3.63, 3.8) is 0 Å². The van der Waals surface area contributed by atoms with Crippen molar-refractivity contribution in [1.29, 1.82) is 0 Å². The van der Waals surface area contributed by atoms with Crippen molar-refractivity contribution in [2.24, 2.45) is 0 Å². The molecule has 0 saturated heterocycles. The fraction of sp³-hybridized carbons (Fsp3) is 0.875. The number of unbranched alkanes of at least 4 members (excludes halogenated alkanes) is 2. The Morgan fingerprint density at radius 2 is 2.17 bits per heavy atom. The number of carbonyl (C=O) groups is 1. The molecule has 0 aromatic carbocycles. The average Bonchev–Trinajstić information content (AvgIpc) is 2.02. The van der Waals surface area contributed by atoms with E-state index in [1.54, 1.807) is 0 Å². The molecule has 4 heteroatoms. The zero-order valence-corrected chi connectivity index (χ0v) is 7.47. The first-order valence-corrected chi connectivity index (χ1v) is 4.30. The molecule has 0 radical (unpaired) electrons. The summed E-state index contributed by atoms with van der Waals surface area (Å²) in [7, 11) is 0. The van der Waals surface area contributed by atoms with Gasteiger partial charge in [0.15, 0.2) is 0 Å². The molecule has 1 N–H and O–H groups in total. The molecule has 0 aliphatic rings. The van der Waals surface area contributed by atoms with Gasteiger partial charge in [-0.05, 0) is 6.42 Å². The summed E-state index contributed by atoms with van der Waals surface area (Å²) in [5.41, 5.74) is 0. The van der Waals surface area contributed by atoms with E-state index in [4.69, 9.17) is 4.74 Å². The summed E-state index contributed by atoms with van der Waals surface area (Å²) in [4.78, 5) is 9.86. The molecule has 0 aliphatic carbocycles. The Balaban J connectivity index is 2.86. The standard InChI is InChI=1S/C8H17NO3/c1-2-3-4-6-12-7-5-9-8(10)11/h9H,2-7H2,1H3,(H,10,11)/p-1. The van der Waals surface area contributed by atoms with Crippen molar-refractivity contribution in [1.82, 2.24) is 5.32 Å². The van der Waals surface area contributed by atoms with Crippen LogP contribution in [0.3, 0.4) is 0 Å². The highest BCUT2D eigenvalue weighted by Gasteiger charge is 1.88. The first-order valence-electron chi connectivity index (χ1n) is 4.30. The van der Waals surface area contributed by atoms with Gasteiger partial charge in [-0.1, -0.05) is 19.8 Å². The average molecular weight is 174 g/mol. The maximum Gasteiger partial charge on any atom is 0.134 e.